The molecule has 1 aromatic rings. The molecule has 8 nitrogen and oxygen atoms in total. The van der Waals surface area contributed by atoms with E-state index >= 15 is 0 Å². The zero-order chi connectivity index (χ0) is 20.5. The van der Waals surface area contributed by atoms with Crippen molar-refractivity contribution in [3.63, 3.8) is 0 Å². The van der Waals surface area contributed by atoms with Gasteiger partial charge in [0.2, 0.25) is 0 Å². The van der Waals surface area contributed by atoms with Crippen LogP contribution in [0.3, 0.4) is 0 Å². The Hall–Kier alpha value is -1.59. The van der Waals surface area contributed by atoms with Crippen molar-refractivity contribution in [3.8, 4) is 5.75 Å². The Labute approximate surface area is 196 Å². The molecule has 0 bridgehead atoms. The van der Waals surface area contributed by atoms with E-state index in [1.165, 1.54) is 12.5 Å². The summed E-state index contributed by atoms with van der Waals surface area (Å²) in [6, 6.07) is 6.55. The molecule has 168 valence electrons. The van der Waals surface area contributed by atoms with Crippen LogP contribution in [0.25, 0.3) is 0 Å². The van der Waals surface area contributed by atoms with Crippen molar-refractivity contribution in [2.24, 2.45) is 10.9 Å². The number of likely N-dealkylation sites (tertiary alicyclic amines) is 1. The van der Waals surface area contributed by atoms with Crippen molar-refractivity contribution >= 4 is 35.8 Å². The quantitative estimate of drug-likeness (QED) is 0.213. The minimum Gasteiger partial charge on any atom is -0.507 e. The summed E-state index contributed by atoms with van der Waals surface area (Å²) in [6.45, 7) is 10.7. The normalized spacial score (nSPS) is 20.0. The Morgan fingerprint density at radius 3 is 2.73 bits per heavy atom. The number of aliphatic imine (C=N–C) groups is 1. The maximum atomic E-state index is 12.2. The number of benzene rings is 1. The smallest absolute Gasteiger partial charge is 0.255 e. The second-order valence-electron chi connectivity index (χ2n) is 7.52. The highest BCUT2D eigenvalue weighted by atomic mass is 127. The van der Waals surface area contributed by atoms with Gasteiger partial charge in [0.25, 0.3) is 5.91 Å². The van der Waals surface area contributed by atoms with Gasteiger partial charge in [-0.2, -0.15) is 0 Å². The first-order valence-electron chi connectivity index (χ1n) is 10.6. The van der Waals surface area contributed by atoms with Crippen LogP contribution < -0.4 is 10.6 Å². The molecular weight excluding hydrogens is 497 g/mol. The lowest BCUT2D eigenvalue weighted by Gasteiger charge is -2.29. The van der Waals surface area contributed by atoms with Crippen LogP contribution in [-0.4, -0.2) is 92.3 Å². The van der Waals surface area contributed by atoms with Crippen LogP contribution >= 0.6 is 24.0 Å². The van der Waals surface area contributed by atoms with E-state index in [0.717, 1.165) is 58.4 Å². The number of hydrogen-bond acceptors (Lipinski definition) is 5. The lowest BCUT2D eigenvalue weighted by atomic mass is 10.1. The Balaban J connectivity index is 0.00000320. The highest BCUT2D eigenvalue weighted by Gasteiger charge is 2.27. The van der Waals surface area contributed by atoms with E-state index < -0.39 is 0 Å². The Bertz CT molecular complexity index is 697. The van der Waals surface area contributed by atoms with Gasteiger partial charge in [-0.25, -0.2) is 0 Å². The van der Waals surface area contributed by atoms with Crippen molar-refractivity contribution in [2.45, 2.75) is 13.3 Å². The molecule has 3 rings (SSSR count). The molecule has 0 saturated carbocycles. The van der Waals surface area contributed by atoms with E-state index in [0.29, 0.717) is 19.0 Å². The van der Waals surface area contributed by atoms with Crippen molar-refractivity contribution < 1.29 is 14.6 Å². The molecule has 0 aromatic heterocycles. The van der Waals surface area contributed by atoms with Gasteiger partial charge in [0.05, 0.1) is 25.3 Å². The SMILES string of the molecule is CCNC(=NCCNC(=O)c1ccccc1O)N1CCC(CN2CCOCC2)C1.I. The summed E-state index contributed by atoms with van der Waals surface area (Å²) in [7, 11) is 0. The molecule has 0 spiro atoms. The number of guanidine groups is 1. The molecule has 9 heteroatoms. The number of amides is 1. The predicted octanol–water partition coefficient (Wildman–Crippen LogP) is 1.36. The van der Waals surface area contributed by atoms with Gasteiger partial charge in [-0.05, 0) is 31.4 Å². The third-order valence-corrected chi connectivity index (χ3v) is 5.35. The molecule has 30 heavy (non-hydrogen) atoms. The number of nitrogens with zero attached hydrogens (tertiary/aromatic N) is 3. The maximum absolute atomic E-state index is 12.2. The molecule has 2 heterocycles. The molecule has 2 aliphatic heterocycles. The third-order valence-electron chi connectivity index (χ3n) is 5.35. The number of carbonyl (C=O) groups is 1. The number of phenolic OH excluding ortho intramolecular Hbond substituents is 1. The standard InChI is InChI=1S/C21H33N5O3.HI/c1-2-22-21(24-9-8-23-20(28)18-5-3-4-6-19(18)27)26-10-7-17(16-26)15-25-11-13-29-14-12-25;/h3-6,17,27H,2,7-16H2,1H3,(H,22,24)(H,23,28);1H. The van der Waals surface area contributed by atoms with Gasteiger partial charge in [0, 0.05) is 45.8 Å². The van der Waals surface area contributed by atoms with Crippen LogP contribution in [0.2, 0.25) is 0 Å². The number of carbonyl (C=O) groups excluding carboxylic acids is 1. The van der Waals surface area contributed by atoms with E-state index in [1.807, 2.05) is 0 Å². The molecular formula is C21H34IN5O3. The fourth-order valence-electron chi connectivity index (χ4n) is 3.84. The van der Waals surface area contributed by atoms with Gasteiger partial charge >= 0.3 is 0 Å². The van der Waals surface area contributed by atoms with Crippen LogP contribution in [0.4, 0.5) is 0 Å². The molecule has 2 fully saturated rings. The average Bonchev–Trinajstić information content (AvgIpc) is 3.19. The molecule has 1 unspecified atom stereocenters. The van der Waals surface area contributed by atoms with Crippen LogP contribution in [0.1, 0.15) is 23.7 Å². The summed E-state index contributed by atoms with van der Waals surface area (Å²) in [5.74, 6) is 1.27. The van der Waals surface area contributed by atoms with E-state index in [1.54, 1.807) is 18.2 Å². The summed E-state index contributed by atoms with van der Waals surface area (Å²) in [5, 5.41) is 16.0. The first-order chi connectivity index (χ1) is 14.2. The third kappa shape index (κ3) is 7.28. The first kappa shape index (κ1) is 24.7. The van der Waals surface area contributed by atoms with Crippen LogP contribution in [0, 0.1) is 5.92 Å². The van der Waals surface area contributed by atoms with Gasteiger partial charge in [-0.1, -0.05) is 12.1 Å². The van der Waals surface area contributed by atoms with Gasteiger partial charge in [0.1, 0.15) is 5.75 Å². The van der Waals surface area contributed by atoms with Crippen molar-refractivity contribution in [2.75, 3.05) is 65.6 Å². The number of aromatic hydroxyl groups is 1. The molecule has 2 aliphatic rings. The number of para-hydroxylation sites is 1. The Morgan fingerprint density at radius 2 is 2.00 bits per heavy atom. The number of phenols is 1. The molecule has 1 amide bonds. The van der Waals surface area contributed by atoms with E-state index in [4.69, 9.17) is 4.74 Å². The van der Waals surface area contributed by atoms with Crippen molar-refractivity contribution in [3.05, 3.63) is 29.8 Å². The Kier molecular flexibility index (Phi) is 10.7. The topological polar surface area (TPSA) is 89.4 Å². The number of ether oxygens (including phenoxy) is 1. The zero-order valence-electron chi connectivity index (χ0n) is 17.7. The fraction of sp³-hybridized carbons (Fsp3) is 0.619. The first-order valence-corrected chi connectivity index (χ1v) is 10.6. The second-order valence-corrected chi connectivity index (χ2v) is 7.52. The van der Waals surface area contributed by atoms with Gasteiger partial charge in [-0.3, -0.25) is 14.7 Å². The monoisotopic (exact) mass is 531 g/mol. The van der Waals surface area contributed by atoms with Gasteiger partial charge in [0.15, 0.2) is 5.96 Å². The molecule has 0 aliphatic carbocycles. The number of morpholine rings is 1. The number of hydrogen-bond donors (Lipinski definition) is 3. The molecule has 3 N–H and O–H groups in total. The van der Waals surface area contributed by atoms with E-state index in [9.17, 15) is 9.90 Å². The van der Waals surface area contributed by atoms with Crippen LogP contribution in [0.15, 0.2) is 29.3 Å². The summed E-state index contributed by atoms with van der Waals surface area (Å²) in [5.41, 5.74) is 0.286. The minimum atomic E-state index is -0.282. The van der Waals surface area contributed by atoms with E-state index in [2.05, 4.69) is 32.3 Å². The summed E-state index contributed by atoms with van der Waals surface area (Å²) in [4.78, 5) is 21.7. The lowest BCUT2D eigenvalue weighted by Crippen LogP contribution is -2.42. The Morgan fingerprint density at radius 1 is 1.23 bits per heavy atom. The molecule has 2 saturated heterocycles. The minimum absolute atomic E-state index is 0. The van der Waals surface area contributed by atoms with E-state index in [-0.39, 0.29) is 41.2 Å². The van der Waals surface area contributed by atoms with Crippen LogP contribution in [0.5, 0.6) is 5.75 Å². The second kappa shape index (κ2) is 13.0. The highest BCUT2D eigenvalue weighted by molar-refractivity contribution is 14.0. The molecule has 1 atom stereocenters. The molecule has 1 aromatic carbocycles. The lowest BCUT2D eigenvalue weighted by molar-refractivity contribution is 0.0315. The highest BCUT2D eigenvalue weighted by Crippen LogP contribution is 2.18. The van der Waals surface area contributed by atoms with Crippen LogP contribution in [-0.2, 0) is 4.74 Å². The largest absolute Gasteiger partial charge is 0.507 e. The van der Waals surface area contributed by atoms with Crippen molar-refractivity contribution in [1.29, 1.82) is 0 Å². The zero-order valence-corrected chi connectivity index (χ0v) is 20.0. The number of halogens is 1. The summed E-state index contributed by atoms with van der Waals surface area (Å²) in [6.07, 6.45) is 1.17. The average molecular weight is 531 g/mol. The maximum Gasteiger partial charge on any atom is 0.255 e. The fourth-order valence-corrected chi connectivity index (χ4v) is 3.84. The number of nitrogens with one attached hydrogen (secondary N) is 2. The summed E-state index contributed by atoms with van der Waals surface area (Å²) < 4.78 is 5.44. The molecule has 0 radical (unpaired) electrons. The van der Waals surface area contributed by atoms with Crippen molar-refractivity contribution in [1.82, 2.24) is 20.4 Å². The summed E-state index contributed by atoms with van der Waals surface area (Å²) >= 11 is 0. The van der Waals surface area contributed by atoms with Gasteiger partial charge in [-0.15, -0.1) is 24.0 Å². The van der Waals surface area contributed by atoms with Gasteiger partial charge < -0.3 is 25.4 Å². The number of rotatable bonds is 7. The predicted molar refractivity (Wildman–Crippen MR) is 129 cm³/mol.